The molecule has 302 valence electrons. The summed E-state index contributed by atoms with van der Waals surface area (Å²) in [7, 11) is 4.79. The molecule has 0 radical (unpaired) electrons. The lowest BCUT2D eigenvalue weighted by molar-refractivity contribution is -0.201. The van der Waals surface area contributed by atoms with Gasteiger partial charge in [0.2, 0.25) is 0 Å². The Morgan fingerprint density at radius 2 is 1.86 bits per heavy atom. The smallest absolute Gasteiger partial charge is 0.322 e. The van der Waals surface area contributed by atoms with Crippen molar-refractivity contribution >= 4 is 28.5 Å². The Balaban J connectivity index is 1.37. The van der Waals surface area contributed by atoms with E-state index in [1.54, 1.807) is 14.2 Å². The van der Waals surface area contributed by atoms with Crippen LogP contribution in [0.5, 0.6) is 5.75 Å². The van der Waals surface area contributed by atoms with Crippen molar-refractivity contribution in [3.05, 3.63) is 81.4 Å². The minimum absolute atomic E-state index is 0.110. The molecule has 2 bridgehead atoms. The number of aliphatic hydroxyl groups excluding tert-OH is 1. The topological polar surface area (TPSA) is 188 Å². The van der Waals surface area contributed by atoms with Crippen molar-refractivity contribution in [2.45, 2.75) is 92.6 Å². The molecule has 10 atom stereocenters. The molecule has 3 aromatic rings. The number of aromatic nitrogens is 1. The maximum Gasteiger partial charge on any atom is 0.322 e. The van der Waals surface area contributed by atoms with E-state index in [1.165, 1.54) is 7.11 Å². The molecule has 4 N–H and O–H groups in total. The Kier molecular flexibility index (Phi) is 8.72. The number of amides is 1. The molecule has 1 aromatic heterocycles. The van der Waals surface area contributed by atoms with Gasteiger partial charge in [-0.3, -0.25) is 19.4 Å². The Bertz CT molecular complexity index is 2250. The molecule has 5 unspecified atom stereocenters. The summed E-state index contributed by atoms with van der Waals surface area (Å²) < 4.78 is 12.2. The Labute approximate surface area is 332 Å². The molecule has 57 heavy (non-hydrogen) atoms. The second-order valence-corrected chi connectivity index (χ2v) is 17.6. The van der Waals surface area contributed by atoms with Gasteiger partial charge in [-0.2, -0.15) is 0 Å². The number of anilines is 1. The van der Waals surface area contributed by atoms with E-state index in [4.69, 9.17) is 9.47 Å². The van der Waals surface area contributed by atoms with E-state index in [2.05, 4.69) is 36.9 Å². The molecule has 1 amide bonds. The van der Waals surface area contributed by atoms with E-state index in [9.17, 15) is 25.6 Å². The van der Waals surface area contributed by atoms with Gasteiger partial charge >= 0.3 is 5.97 Å². The van der Waals surface area contributed by atoms with Gasteiger partial charge in [-0.15, -0.1) is 0 Å². The highest BCUT2D eigenvalue weighted by atomic mass is 16.5. The number of azide groups is 1. The third kappa shape index (κ3) is 4.79. The number of para-hydroxylation sites is 1. The fourth-order valence-electron chi connectivity index (χ4n) is 13.1. The Morgan fingerprint density at radius 1 is 1.07 bits per heavy atom. The molecular weight excluding hydrogens is 727 g/mol. The number of methoxy groups -OCH3 is 2. The number of likely N-dealkylation sites (N-methyl/N-ethyl adjacent to an activating group) is 1. The van der Waals surface area contributed by atoms with E-state index >= 15 is 4.79 Å². The maximum atomic E-state index is 15.2. The molecule has 2 saturated heterocycles. The first-order valence-corrected chi connectivity index (χ1v) is 20.3. The van der Waals surface area contributed by atoms with Crippen LogP contribution in [0, 0.1) is 11.3 Å². The van der Waals surface area contributed by atoms with E-state index in [-0.39, 0.29) is 12.0 Å². The van der Waals surface area contributed by atoms with Crippen LogP contribution in [0.1, 0.15) is 68.3 Å². The zero-order valence-electron chi connectivity index (χ0n) is 33.4. The number of esters is 1. The van der Waals surface area contributed by atoms with E-state index < -0.39 is 51.5 Å². The Morgan fingerprint density at radius 3 is 2.58 bits per heavy atom. The first kappa shape index (κ1) is 38.1. The second kappa shape index (κ2) is 13.0. The molecule has 1 spiro atoms. The zero-order valence-corrected chi connectivity index (χ0v) is 33.4. The summed E-state index contributed by atoms with van der Waals surface area (Å²) in [6, 6.07) is 10.6. The summed E-state index contributed by atoms with van der Waals surface area (Å²) in [4.78, 5) is 42.4. The van der Waals surface area contributed by atoms with E-state index in [0.717, 1.165) is 27.7 Å². The molecule has 9 rings (SSSR count). The van der Waals surface area contributed by atoms with Gasteiger partial charge in [0, 0.05) is 88.9 Å². The number of H-pyrrole nitrogens is 1. The van der Waals surface area contributed by atoms with Crippen LogP contribution in [0.2, 0.25) is 0 Å². The normalized spacial score (nSPS) is 37.8. The summed E-state index contributed by atoms with van der Waals surface area (Å²) in [5, 5.41) is 41.7. The van der Waals surface area contributed by atoms with Crippen LogP contribution >= 0.6 is 0 Å². The SMILES string of the molecule is CC[C@]1(O)CC2CN(CCc3c([nH]c4ccccc34)[C@@](C(=O)OC)(c3cc4c(cc3OC)N(C)C3C45CCN4CC=C[C@](CC)(C45)[C@@H](O)[C@]3(O)C(=O)N=[N+]=[N-])C2)C1. The molecule has 6 aliphatic rings. The van der Waals surface area contributed by atoms with Crippen molar-refractivity contribution in [3.63, 3.8) is 0 Å². The third-order valence-corrected chi connectivity index (χ3v) is 15.3. The molecule has 3 fully saturated rings. The second-order valence-electron chi connectivity index (χ2n) is 17.6. The van der Waals surface area contributed by atoms with Crippen molar-refractivity contribution in [1.82, 2.24) is 14.8 Å². The van der Waals surface area contributed by atoms with Crippen molar-refractivity contribution in [2.24, 2.45) is 16.4 Å². The van der Waals surface area contributed by atoms with Gasteiger partial charge in [-0.1, -0.05) is 44.2 Å². The number of nitrogens with zero attached hydrogens (tertiary/aromatic N) is 6. The van der Waals surface area contributed by atoms with Gasteiger partial charge in [-0.05, 0) is 84.9 Å². The quantitative estimate of drug-likeness (QED) is 0.0934. The first-order chi connectivity index (χ1) is 27.3. The van der Waals surface area contributed by atoms with Gasteiger partial charge in [-0.25, -0.2) is 0 Å². The van der Waals surface area contributed by atoms with Crippen LogP contribution in [0.25, 0.3) is 21.3 Å². The average Bonchev–Trinajstić information content (AvgIpc) is 3.88. The molecule has 1 saturated carbocycles. The number of benzene rings is 2. The summed E-state index contributed by atoms with van der Waals surface area (Å²) in [5.41, 5.74) is 7.34. The summed E-state index contributed by atoms with van der Waals surface area (Å²) in [5.74, 6) is -1.28. The molecule has 14 nitrogen and oxygen atoms in total. The van der Waals surface area contributed by atoms with Crippen molar-refractivity contribution in [2.75, 3.05) is 58.9 Å². The number of aliphatic hydroxyl groups is 3. The van der Waals surface area contributed by atoms with Gasteiger partial charge in [0.1, 0.15) is 17.3 Å². The van der Waals surface area contributed by atoms with Crippen molar-refractivity contribution in [3.8, 4) is 5.75 Å². The van der Waals surface area contributed by atoms with Crippen LogP contribution in [0.3, 0.4) is 0 Å². The van der Waals surface area contributed by atoms with E-state index in [0.29, 0.717) is 88.2 Å². The summed E-state index contributed by atoms with van der Waals surface area (Å²) in [6.07, 6.45) is 5.30. The van der Waals surface area contributed by atoms with Crippen LogP contribution in [-0.2, 0) is 31.6 Å². The molecular formula is C43H53N7O7. The molecule has 14 heteroatoms. The van der Waals surface area contributed by atoms with Gasteiger partial charge < -0.3 is 34.7 Å². The van der Waals surface area contributed by atoms with E-state index in [1.807, 2.05) is 55.2 Å². The number of carbonyl (C=O) groups is 2. The van der Waals surface area contributed by atoms with Crippen LogP contribution in [0.15, 0.2) is 53.7 Å². The van der Waals surface area contributed by atoms with Gasteiger partial charge in [0.25, 0.3) is 5.91 Å². The monoisotopic (exact) mass is 779 g/mol. The number of ether oxygens (including phenoxy) is 2. The number of carbonyl (C=O) groups excluding carboxylic acids is 2. The molecule has 6 heterocycles. The molecule has 1 aliphatic carbocycles. The lowest BCUT2D eigenvalue weighted by Gasteiger charge is -2.63. The summed E-state index contributed by atoms with van der Waals surface area (Å²) >= 11 is 0. The lowest BCUT2D eigenvalue weighted by Crippen LogP contribution is -2.80. The number of aromatic amines is 1. The molecule has 2 aromatic carbocycles. The Hall–Kier alpha value is -4.43. The number of rotatable bonds is 6. The predicted octanol–water partition coefficient (Wildman–Crippen LogP) is 4.08. The number of fused-ring (bicyclic) bond motifs is 6. The third-order valence-electron chi connectivity index (χ3n) is 15.3. The number of nitrogens with one attached hydrogen (secondary N) is 1. The maximum absolute atomic E-state index is 15.2. The average molecular weight is 780 g/mol. The van der Waals surface area contributed by atoms with Gasteiger partial charge in [0.05, 0.1) is 25.9 Å². The summed E-state index contributed by atoms with van der Waals surface area (Å²) in [6.45, 7) is 7.16. The predicted molar refractivity (Wildman–Crippen MR) is 213 cm³/mol. The zero-order chi connectivity index (χ0) is 40.3. The van der Waals surface area contributed by atoms with Crippen molar-refractivity contribution < 1.29 is 34.4 Å². The minimum Gasteiger partial charge on any atom is -0.496 e. The number of hydrogen-bond donors (Lipinski definition) is 4. The highest BCUT2D eigenvalue weighted by Gasteiger charge is 2.78. The fourth-order valence-corrected chi connectivity index (χ4v) is 13.1. The van der Waals surface area contributed by atoms with Gasteiger partial charge in [0.15, 0.2) is 5.60 Å². The minimum atomic E-state index is -2.49. The fraction of sp³-hybridized carbons (Fsp3) is 0.581. The lowest BCUT2D eigenvalue weighted by atomic mass is 9.47. The van der Waals surface area contributed by atoms with Crippen LogP contribution < -0.4 is 9.64 Å². The largest absolute Gasteiger partial charge is 0.496 e. The number of hydrogen-bond acceptors (Lipinski definition) is 10. The molecule has 5 aliphatic heterocycles. The highest BCUT2D eigenvalue weighted by molar-refractivity contribution is 5.95. The standard InChI is InChI=1S/C43H53N7O7/c1-6-39(54)21-25-22-42(38(53)57-5,33-27(13-17-49(23-25)24-39)26-11-8-9-12-30(26)45-33)29-19-28-31(20-32(29)56-4)48(3)35-41(28)15-18-50-16-10-14-40(7-2,34(41)50)36(51)43(35,55)37(52)46-47-44/h8-12,14,19-20,25,34-36,45,51,54-55H,6-7,13,15-18,21-24H2,1-5H3/t25?,34?,35?,36-,39+,40-,41?,42+,43+/m1/s1. The number of piperidine rings is 1. The van der Waals surface area contributed by atoms with Crippen molar-refractivity contribution in [1.29, 1.82) is 0 Å². The highest BCUT2D eigenvalue weighted by Crippen LogP contribution is 2.67. The first-order valence-electron chi connectivity index (χ1n) is 20.3. The van der Waals surface area contributed by atoms with Crippen LogP contribution in [-0.4, -0.2) is 125 Å². The van der Waals surface area contributed by atoms with Crippen LogP contribution in [0.4, 0.5) is 5.69 Å².